The minimum absolute atomic E-state index is 0. The zero-order chi connectivity index (χ0) is 7.82. The van der Waals surface area contributed by atoms with Crippen LogP contribution in [0.25, 0.3) is 0 Å². The molecule has 0 unspecified atom stereocenters. The molecule has 0 radical (unpaired) electrons. The summed E-state index contributed by atoms with van der Waals surface area (Å²) >= 11 is 0. The van der Waals surface area contributed by atoms with Crippen molar-refractivity contribution in [2.24, 2.45) is 0 Å². The van der Waals surface area contributed by atoms with E-state index in [1.54, 1.807) is 0 Å². The number of benzene rings is 1. The molecule has 0 fully saturated rings. The van der Waals surface area contributed by atoms with Gasteiger partial charge in [-0.15, -0.1) is 0 Å². The molecule has 1 rings (SSSR count). The van der Waals surface area contributed by atoms with E-state index in [-0.39, 0.29) is 51.4 Å². The van der Waals surface area contributed by atoms with Crippen LogP contribution >= 0.6 is 0 Å². The summed E-state index contributed by atoms with van der Waals surface area (Å²) < 4.78 is 29.0. The molecule has 5 heteroatoms. The third-order valence-electron chi connectivity index (χ3n) is 0.607. The fourth-order valence-corrected chi connectivity index (χ4v) is 0.342. The zero-order valence-corrected chi connectivity index (χ0v) is 9.22. The predicted molar refractivity (Wildman–Crippen MR) is 34.4 cm³/mol. The van der Waals surface area contributed by atoms with Crippen molar-refractivity contribution in [3.63, 3.8) is 0 Å². The summed E-state index contributed by atoms with van der Waals surface area (Å²) in [6.07, 6.45) is 0. The van der Waals surface area contributed by atoms with Crippen molar-refractivity contribution in [1.29, 1.82) is 0 Å². The van der Waals surface area contributed by atoms with Gasteiger partial charge in [0.2, 0.25) is 0 Å². The van der Waals surface area contributed by atoms with Crippen molar-refractivity contribution in [1.82, 2.24) is 0 Å². The largest absolute Gasteiger partial charge is 1.00 e. The molecule has 0 aliphatic carbocycles. The molecule has 0 spiro atoms. The SMILES string of the molecule is FB(F)F.[K+].[c-]1ccccc1. The van der Waals surface area contributed by atoms with E-state index in [9.17, 15) is 12.9 Å². The number of hydrogen-bond donors (Lipinski definition) is 0. The van der Waals surface area contributed by atoms with E-state index >= 15 is 0 Å². The molecule has 0 aliphatic heterocycles. The van der Waals surface area contributed by atoms with Crippen LogP contribution in [-0.4, -0.2) is 7.54 Å². The van der Waals surface area contributed by atoms with Crippen LogP contribution in [0.2, 0.25) is 0 Å². The molecule has 0 N–H and O–H groups in total. The average molecular weight is 184 g/mol. The van der Waals surface area contributed by atoms with Crippen LogP contribution in [0.5, 0.6) is 0 Å². The molecule has 0 heterocycles. The summed E-state index contributed by atoms with van der Waals surface area (Å²) in [7, 11) is -3.67. The van der Waals surface area contributed by atoms with Gasteiger partial charge in [-0.05, 0) is 0 Å². The molecule has 0 bridgehead atoms. The standard InChI is InChI=1S/C6H5.BF3.K/c1-2-4-6-5-3-1;2-1(3)4;/h1-5H;;/q-1;;+1. The van der Waals surface area contributed by atoms with Crippen molar-refractivity contribution in [3.8, 4) is 0 Å². The number of halogens is 3. The van der Waals surface area contributed by atoms with Crippen molar-refractivity contribution < 1.29 is 64.3 Å². The maximum Gasteiger partial charge on any atom is 1.00 e. The number of rotatable bonds is 0. The molecule has 0 saturated carbocycles. The van der Waals surface area contributed by atoms with Crippen molar-refractivity contribution in [3.05, 3.63) is 36.4 Å². The first kappa shape index (κ1) is 14.2. The first-order valence-corrected chi connectivity index (χ1v) is 2.57. The van der Waals surface area contributed by atoms with Crippen molar-refractivity contribution in [2.75, 3.05) is 0 Å². The van der Waals surface area contributed by atoms with Gasteiger partial charge in [0.15, 0.2) is 0 Å². The van der Waals surface area contributed by atoms with E-state index in [0.717, 1.165) is 0 Å². The van der Waals surface area contributed by atoms with Gasteiger partial charge >= 0.3 is 58.9 Å². The van der Waals surface area contributed by atoms with Gasteiger partial charge in [0.1, 0.15) is 0 Å². The molecular weight excluding hydrogens is 179 g/mol. The first-order chi connectivity index (χ1) is 4.73. The van der Waals surface area contributed by atoms with Crippen LogP contribution in [0.4, 0.5) is 12.9 Å². The van der Waals surface area contributed by atoms with Gasteiger partial charge in [0.25, 0.3) is 0 Å². The Hall–Kier alpha value is 0.711. The van der Waals surface area contributed by atoms with Crippen LogP contribution < -0.4 is 51.4 Å². The summed E-state index contributed by atoms with van der Waals surface area (Å²) in [5.41, 5.74) is 0. The van der Waals surface area contributed by atoms with E-state index < -0.39 is 7.54 Å². The first-order valence-electron chi connectivity index (χ1n) is 2.57. The van der Waals surface area contributed by atoms with Gasteiger partial charge in [-0.25, -0.2) is 0 Å². The van der Waals surface area contributed by atoms with Crippen LogP contribution in [0.15, 0.2) is 30.3 Å². The molecule has 0 aliphatic rings. The maximum absolute atomic E-state index is 9.67. The Labute approximate surface area is 107 Å². The van der Waals surface area contributed by atoms with Gasteiger partial charge in [0, 0.05) is 0 Å². The minimum Gasteiger partial charge on any atom is -0.254 e. The van der Waals surface area contributed by atoms with Crippen LogP contribution in [0, 0.1) is 6.07 Å². The van der Waals surface area contributed by atoms with E-state index in [0.29, 0.717) is 0 Å². The van der Waals surface area contributed by atoms with Crippen LogP contribution in [0.3, 0.4) is 0 Å². The normalized spacial score (nSPS) is 6.82. The second-order valence-corrected chi connectivity index (χ2v) is 1.32. The zero-order valence-electron chi connectivity index (χ0n) is 6.10. The smallest absolute Gasteiger partial charge is 0.254 e. The third kappa shape index (κ3) is 18.0. The maximum atomic E-state index is 9.67. The molecule has 0 nitrogen and oxygen atoms in total. The fraction of sp³-hybridized carbons (Fsp3) is 0. The summed E-state index contributed by atoms with van der Waals surface area (Å²) in [4.78, 5) is 0. The second-order valence-electron chi connectivity index (χ2n) is 1.32. The van der Waals surface area contributed by atoms with Crippen molar-refractivity contribution >= 4 is 7.54 Å². The second kappa shape index (κ2) is 10.7. The van der Waals surface area contributed by atoms with Gasteiger partial charge in [-0.3, -0.25) is 12.9 Å². The Bertz CT molecular complexity index is 118. The van der Waals surface area contributed by atoms with Crippen molar-refractivity contribution in [2.45, 2.75) is 0 Å². The van der Waals surface area contributed by atoms with Gasteiger partial charge in [-0.1, -0.05) is 0 Å². The summed E-state index contributed by atoms with van der Waals surface area (Å²) in [6, 6.07) is 12.5. The predicted octanol–water partition coefficient (Wildman–Crippen LogP) is -0.629. The summed E-state index contributed by atoms with van der Waals surface area (Å²) in [5, 5.41) is 0. The monoisotopic (exact) mass is 184 g/mol. The van der Waals surface area contributed by atoms with Crippen LogP contribution in [-0.2, 0) is 0 Å². The van der Waals surface area contributed by atoms with Gasteiger partial charge < -0.3 is 0 Å². The average Bonchev–Trinajstić information content (AvgIpc) is 1.90. The fourth-order valence-electron chi connectivity index (χ4n) is 0.342. The molecule has 54 valence electrons. The Morgan fingerprint density at radius 3 is 1.36 bits per heavy atom. The molecular formula is C6H5BF3K. The summed E-state index contributed by atoms with van der Waals surface area (Å²) in [5.74, 6) is 0. The molecule has 1 aromatic rings. The Morgan fingerprint density at radius 2 is 1.27 bits per heavy atom. The van der Waals surface area contributed by atoms with Gasteiger partial charge in [0.05, 0.1) is 0 Å². The molecule has 0 amide bonds. The van der Waals surface area contributed by atoms with E-state index in [1.165, 1.54) is 0 Å². The minimum atomic E-state index is -3.67. The van der Waals surface area contributed by atoms with Crippen LogP contribution in [0.1, 0.15) is 0 Å². The Kier molecular flexibility index (Phi) is 13.9. The van der Waals surface area contributed by atoms with E-state index in [2.05, 4.69) is 6.07 Å². The quantitative estimate of drug-likeness (QED) is 0.372. The molecule has 0 aromatic heterocycles. The Balaban J connectivity index is 0. The summed E-state index contributed by atoms with van der Waals surface area (Å²) in [6.45, 7) is 0. The van der Waals surface area contributed by atoms with E-state index in [1.807, 2.05) is 30.3 Å². The third-order valence-corrected chi connectivity index (χ3v) is 0.607. The molecule has 1 aromatic carbocycles. The van der Waals surface area contributed by atoms with Gasteiger partial charge in [-0.2, -0.15) is 36.4 Å². The number of hydrogen-bond acceptors (Lipinski definition) is 0. The van der Waals surface area contributed by atoms with E-state index in [4.69, 9.17) is 0 Å². The topological polar surface area (TPSA) is 0 Å². The molecule has 0 atom stereocenters. The Morgan fingerprint density at radius 1 is 0.909 bits per heavy atom. The molecule has 0 saturated heterocycles. The molecule has 11 heavy (non-hydrogen) atoms.